The summed E-state index contributed by atoms with van der Waals surface area (Å²) in [7, 11) is 0. The lowest BCUT2D eigenvalue weighted by Crippen LogP contribution is -1.79. The lowest BCUT2D eigenvalue weighted by Gasteiger charge is -1.94. The summed E-state index contributed by atoms with van der Waals surface area (Å²) < 4.78 is 0. The summed E-state index contributed by atoms with van der Waals surface area (Å²) >= 11 is 0. The summed E-state index contributed by atoms with van der Waals surface area (Å²) in [4.78, 5) is 0. The molecule has 0 saturated heterocycles. The van der Waals surface area contributed by atoms with Crippen molar-refractivity contribution in [1.29, 1.82) is 5.26 Å². The fourth-order valence-corrected chi connectivity index (χ4v) is 1.18. The normalized spacial score (nSPS) is 8.80. The van der Waals surface area contributed by atoms with Crippen molar-refractivity contribution in [3.8, 4) is 23.7 Å². The summed E-state index contributed by atoms with van der Waals surface area (Å²) in [6.45, 7) is 2.11. The van der Waals surface area contributed by atoms with Gasteiger partial charge in [-0.3, -0.25) is 0 Å². The average molecular weight is 199 g/mol. The van der Waals surface area contributed by atoms with Gasteiger partial charge in [0.2, 0.25) is 0 Å². The molecule has 2 heteroatoms. The van der Waals surface area contributed by atoms with E-state index >= 15 is 0 Å². The smallest absolute Gasteiger partial charge is 0.118 e. The van der Waals surface area contributed by atoms with Crippen molar-refractivity contribution in [2.45, 2.75) is 26.2 Å². The zero-order valence-electron chi connectivity index (χ0n) is 8.75. The highest BCUT2D eigenvalue weighted by Gasteiger charge is 1.96. The van der Waals surface area contributed by atoms with Crippen molar-refractivity contribution < 1.29 is 5.11 Å². The van der Waals surface area contributed by atoms with Crippen LogP contribution in [-0.2, 0) is 0 Å². The van der Waals surface area contributed by atoms with Gasteiger partial charge in [0.15, 0.2) is 0 Å². The zero-order chi connectivity index (χ0) is 11.1. The summed E-state index contributed by atoms with van der Waals surface area (Å²) in [6.07, 6.45) is 3.06. The maximum atomic E-state index is 9.31. The third kappa shape index (κ3) is 3.75. The fourth-order valence-electron chi connectivity index (χ4n) is 1.18. The van der Waals surface area contributed by atoms with Crippen LogP contribution in [0.1, 0.15) is 37.3 Å². The Bertz CT molecular complexity index is 432. The highest BCUT2D eigenvalue weighted by Crippen LogP contribution is 2.14. The highest BCUT2D eigenvalue weighted by atomic mass is 16.3. The molecule has 0 saturated carbocycles. The van der Waals surface area contributed by atoms with Gasteiger partial charge in [0.25, 0.3) is 0 Å². The number of hydrogen-bond acceptors (Lipinski definition) is 2. The van der Waals surface area contributed by atoms with E-state index in [-0.39, 0.29) is 5.75 Å². The molecule has 0 aromatic heterocycles. The minimum atomic E-state index is 0.0915. The molecule has 0 fully saturated rings. The summed E-state index contributed by atoms with van der Waals surface area (Å²) in [6, 6.07) is 6.66. The standard InChI is InChI=1S/C13H13NO/c1-2-3-4-5-6-11-7-12(10-14)9-13(15)8-11/h7-9,15H,2-4H2,1H3. The summed E-state index contributed by atoms with van der Waals surface area (Å²) in [5, 5.41) is 18.0. The number of benzene rings is 1. The second kappa shape index (κ2) is 5.73. The van der Waals surface area contributed by atoms with Gasteiger partial charge in [0.1, 0.15) is 5.75 Å². The van der Waals surface area contributed by atoms with Crippen molar-refractivity contribution in [2.75, 3.05) is 0 Å². The van der Waals surface area contributed by atoms with Gasteiger partial charge in [-0.25, -0.2) is 0 Å². The molecule has 0 unspecified atom stereocenters. The monoisotopic (exact) mass is 199 g/mol. The number of phenols is 1. The van der Waals surface area contributed by atoms with Crippen molar-refractivity contribution in [2.24, 2.45) is 0 Å². The molecule has 1 N–H and O–H groups in total. The Morgan fingerprint density at radius 3 is 2.67 bits per heavy atom. The van der Waals surface area contributed by atoms with E-state index in [9.17, 15) is 5.11 Å². The topological polar surface area (TPSA) is 44.0 Å². The summed E-state index contributed by atoms with van der Waals surface area (Å²) in [5.41, 5.74) is 1.14. The first-order valence-electron chi connectivity index (χ1n) is 4.99. The van der Waals surface area contributed by atoms with Crippen LogP contribution in [0.15, 0.2) is 18.2 Å². The first-order valence-corrected chi connectivity index (χ1v) is 4.99. The first kappa shape index (κ1) is 11.1. The Kier molecular flexibility index (Phi) is 4.26. The fraction of sp³-hybridized carbons (Fsp3) is 0.308. The van der Waals surface area contributed by atoms with Crippen LogP contribution in [0.25, 0.3) is 0 Å². The predicted molar refractivity (Wildman–Crippen MR) is 59.2 cm³/mol. The Morgan fingerprint density at radius 1 is 1.27 bits per heavy atom. The lowest BCUT2D eigenvalue weighted by atomic mass is 10.1. The Balaban J connectivity index is 2.80. The van der Waals surface area contributed by atoms with Crippen molar-refractivity contribution in [3.63, 3.8) is 0 Å². The minimum Gasteiger partial charge on any atom is -0.508 e. The maximum Gasteiger partial charge on any atom is 0.118 e. The van der Waals surface area contributed by atoms with E-state index in [1.807, 2.05) is 6.07 Å². The molecule has 0 heterocycles. The van der Waals surface area contributed by atoms with Crippen molar-refractivity contribution >= 4 is 0 Å². The number of nitrogens with zero attached hydrogens (tertiary/aromatic N) is 1. The molecule has 1 aromatic rings. The largest absolute Gasteiger partial charge is 0.508 e. The van der Waals surface area contributed by atoms with E-state index in [2.05, 4.69) is 18.8 Å². The van der Waals surface area contributed by atoms with Gasteiger partial charge in [-0.15, -0.1) is 0 Å². The third-order valence-corrected chi connectivity index (χ3v) is 1.93. The van der Waals surface area contributed by atoms with Gasteiger partial charge in [0, 0.05) is 12.0 Å². The molecule has 76 valence electrons. The van der Waals surface area contributed by atoms with Gasteiger partial charge in [-0.05, 0) is 24.6 Å². The number of nitriles is 1. The number of rotatable bonds is 2. The molecule has 0 aliphatic carbocycles. The summed E-state index contributed by atoms with van der Waals surface area (Å²) in [5.74, 6) is 6.04. The van der Waals surface area contributed by atoms with Crippen molar-refractivity contribution in [1.82, 2.24) is 0 Å². The van der Waals surface area contributed by atoms with Crippen molar-refractivity contribution in [3.05, 3.63) is 29.3 Å². The minimum absolute atomic E-state index is 0.0915. The van der Waals surface area contributed by atoms with E-state index in [4.69, 9.17) is 5.26 Å². The molecule has 1 aromatic carbocycles. The van der Waals surface area contributed by atoms with Crippen LogP contribution < -0.4 is 0 Å². The predicted octanol–water partition coefficient (Wildman–Crippen LogP) is 2.81. The number of aromatic hydroxyl groups is 1. The van der Waals surface area contributed by atoms with E-state index in [0.29, 0.717) is 11.1 Å². The number of unbranched alkanes of at least 4 members (excludes halogenated alkanes) is 2. The average Bonchev–Trinajstić information content (AvgIpc) is 2.23. The highest BCUT2D eigenvalue weighted by molar-refractivity contribution is 5.46. The van der Waals surface area contributed by atoms with Gasteiger partial charge >= 0.3 is 0 Å². The Morgan fingerprint density at radius 2 is 2.00 bits per heavy atom. The molecule has 0 aliphatic rings. The quantitative estimate of drug-likeness (QED) is 0.588. The first-order chi connectivity index (χ1) is 7.26. The molecule has 0 radical (unpaired) electrons. The molecule has 0 atom stereocenters. The molecular weight excluding hydrogens is 186 g/mol. The van der Waals surface area contributed by atoms with Gasteiger partial charge in [-0.2, -0.15) is 5.26 Å². The van der Waals surface area contributed by atoms with E-state index in [1.165, 1.54) is 6.07 Å². The van der Waals surface area contributed by atoms with Crippen LogP contribution in [0.5, 0.6) is 5.75 Å². The van der Waals surface area contributed by atoms with Crippen LogP contribution in [0, 0.1) is 23.2 Å². The molecule has 0 bridgehead atoms. The molecular formula is C13H13NO. The SMILES string of the molecule is CCCCC#Cc1cc(O)cc(C#N)c1. The Labute approximate surface area is 90.2 Å². The van der Waals surface area contributed by atoms with Gasteiger partial charge in [-0.1, -0.05) is 25.2 Å². The maximum absolute atomic E-state index is 9.31. The molecule has 1 rings (SSSR count). The molecule has 0 amide bonds. The van der Waals surface area contributed by atoms with Crippen LogP contribution in [-0.4, -0.2) is 5.11 Å². The van der Waals surface area contributed by atoms with Gasteiger partial charge < -0.3 is 5.11 Å². The second-order valence-corrected chi connectivity index (χ2v) is 3.29. The molecule has 0 spiro atoms. The zero-order valence-corrected chi connectivity index (χ0v) is 8.75. The number of hydrogen-bond donors (Lipinski definition) is 1. The van der Waals surface area contributed by atoms with Crippen LogP contribution in [0.4, 0.5) is 0 Å². The van der Waals surface area contributed by atoms with E-state index in [1.54, 1.807) is 12.1 Å². The number of phenolic OH excluding ortho intramolecular Hbond substituents is 1. The van der Waals surface area contributed by atoms with Crippen LogP contribution >= 0.6 is 0 Å². The molecule has 0 aliphatic heterocycles. The second-order valence-electron chi connectivity index (χ2n) is 3.29. The van der Waals surface area contributed by atoms with E-state index in [0.717, 1.165) is 19.3 Å². The van der Waals surface area contributed by atoms with E-state index < -0.39 is 0 Å². The lowest BCUT2D eigenvalue weighted by molar-refractivity contribution is 0.475. The molecule has 15 heavy (non-hydrogen) atoms. The Hall–Kier alpha value is -1.93. The van der Waals surface area contributed by atoms with Gasteiger partial charge in [0.05, 0.1) is 11.6 Å². The molecule has 2 nitrogen and oxygen atoms in total. The van der Waals surface area contributed by atoms with Crippen LogP contribution in [0.3, 0.4) is 0 Å². The third-order valence-electron chi connectivity index (χ3n) is 1.93. The van der Waals surface area contributed by atoms with Crippen LogP contribution in [0.2, 0.25) is 0 Å².